The molecule has 3 nitrogen and oxygen atoms in total. The van der Waals surface area contributed by atoms with E-state index in [1.54, 1.807) is 0 Å². The Balaban J connectivity index is 1.67. The van der Waals surface area contributed by atoms with Gasteiger partial charge in [0.15, 0.2) is 0 Å². The van der Waals surface area contributed by atoms with Crippen molar-refractivity contribution in [2.75, 3.05) is 6.54 Å². The summed E-state index contributed by atoms with van der Waals surface area (Å²) in [6, 6.07) is 0.0919. The lowest BCUT2D eigenvalue weighted by atomic mass is 9.92. The van der Waals surface area contributed by atoms with E-state index in [0.29, 0.717) is 23.7 Å². The minimum absolute atomic E-state index is 0.0919. The van der Waals surface area contributed by atoms with Crippen LogP contribution in [0.5, 0.6) is 0 Å². The van der Waals surface area contributed by atoms with Crippen LogP contribution in [0, 0.1) is 17.3 Å². The van der Waals surface area contributed by atoms with Gasteiger partial charge in [0.2, 0.25) is 5.91 Å². The van der Waals surface area contributed by atoms with Gasteiger partial charge in [0.1, 0.15) is 0 Å². The molecule has 0 radical (unpaired) electrons. The number of hydrogen-bond acceptors (Lipinski definition) is 2. The van der Waals surface area contributed by atoms with Crippen molar-refractivity contribution in [3.8, 4) is 0 Å². The molecule has 0 aromatic carbocycles. The first-order chi connectivity index (χ1) is 7.53. The highest BCUT2D eigenvalue weighted by Crippen LogP contribution is 2.51. The fourth-order valence-corrected chi connectivity index (χ4v) is 2.37. The summed E-state index contributed by atoms with van der Waals surface area (Å²) in [5.74, 6) is 1.43. The Hall–Kier alpha value is -0.570. The van der Waals surface area contributed by atoms with E-state index in [1.807, 2.05) is 0 Å². The van der Waals surface area contributed by atoms with Crippen LogP contribution in [-0.2, 0) is 4.79 Å². The Kier molecular flexibility index (Phi) is 3.24. The second-order valence-electron chi connectivity index (χ2n) is 6.00. The van der Waals surface area contributed by atoms with Gasteiger partial charge in [-0.15, -0.1) is 0 Å². The van der Waals surface area contributed by atoms with Gasteiger partial charge in [-0.25, -0.2) is 0 Å². The monoisotopic (exact) mass is 224 g/mol. The molecule has 2 saturated carbocycles. The van der Waals surface area contributed by atoms with E-state index in [4.69, 9.17) is 5.73 Å². The Labute approximate surface area is 98.2 Å². The first-order valence-corrected chi connectivity index (χ1v) is 6.56. The average Bonchev–Trinajstić information content (AvgIpc) is 3.08. The maximum absolute atomic E-state index is 11.7. The molecule has 0 aromatic heterocycles. The van der Waals surface area contributed by atoms with Crippen molar-refractivity contribution in [1.82, 2.24) is 5.32 Å². The van der Waals surface area contributed by atoms with Crippen molar-refractivity contribution in [3.63, 3.8) is 0 Å². The van der Waals surface area contributed by atoms with Gasteiger partial charge in [0.25, 0.3) is 0 Å². The summed E-state index contributed by atoms with van der Waals surface area (Å²) in [5.41, 5.74) is 6.34. The van der Waals surface area contributed by atoms with E-state index < -0.39 is 0 Å². The number of nitrogens with two attached hydrogens (primary N) is 1. The third-order valence-electron chi connectivity index (χ3n) is 4.40. The fourth-order valence-electron chi connectivity index (χ4n) is 2.37. The number of carbonyl (C=O) groups is 1. The lowest BCUT2D eigenvalue weighted by Crippen LogP contribution is -2.37. The molecule has 0 aromatic rings. The number of rotatable bonds is 6. The van der Waals surface area contributed by atoms with Crippen molar-refractivity contribution >= 4 is 5.91 Å². The Morgan fingerprint density at radius 1 is 1.44 bits per heavy atom. The molecule has 1 amide bonds. The number of nitrogens with one attached hydrogen (secondary N) is 1. The molecule has 1 unspecified atom stereocenters. The molecular formula is C13H24N2O. The Morgan fingerprint density at radius 2 is 2.06 bits per heavy atom. The molecule has 2 fully saturated rings. The summed E-state index contributed by atoms with van der Waals surface area (Å²) in [4.78, 5) is 11.7. The summed E-state index contributed by atoms with van der Waals surface area (Å²) < 4.78 is 0. The van der Waals surface area contributed by atoms with Crippen LogP contribution in [0.25, 0.3) is 0 Å². The predicted octanol–water partition coefficient (Wildman–Crippen LogP) is 1.67. The summed E-state index contributed by atoms with van der Waals surface area (Å²) in [7, 11) is 0. The normalized spacial score (nSPS) is 24.2. The molecule has 2 aliphatic carbocycles. The molecule has 3 heteroatoms. The minimum atomic E-state index is 0.0919. The third kappa shape index (κ3) is 2.76. The highest BCUT2D eigenvalue weighted by molar-refractivity contribution is 5.76. The van der Waals surface area contributed by atoms with E-state index in [0.717, 1.165) is 6.54 Å². The first-order valence-electron chi connectivity index (χ1n) is 6.56. The molecule has 1 atom stereocenters. The SMILES string of the molecule is CC(C)C1(CNC(=O)CC(N)C2CC2)CC1. The van der Waals surface area contributed by atoms with Crippen LogP contribution < -0.4 is 11.1 Å². The highest BCUT2D eigenvalue weighted by atomic mass is 16.1. The third-order valence-corrected chi connectivity index (χ3v) is 4.40. The summed E-state index contributed by atoms with van der Waals surface area (Å²) >= 11 is 0. The molecule has 0 heterocycles. The van der Waals surface area contributed by atoms with E-state index in [1.165, 1.54) is 25.7 Å². The van der Waals surface area contributed by atoms with Crippen molar-refractivity contribution < 1.29 is 4.79 Å². The highest BCUT2D eigenvalue weighted by Gasteiger charge is 2.45. The van der Waals surface area contributed by atoms with Crippen molar-refractivity contribution in [3.05, 3.63) is 0 Å². The second kappa shape index (κ2) is 4.36. The van der Waals surface area contributed by atoms with Gasteiger partial charge in [-0.2, -0.15) is 0 Å². The molecule has 92 valence electrons. The van der Waals surface area contributed by atoms with E-state index in [-0.39, 0.29) is 11.9 Å². The van der Waals surface area contributed by atoms with Crippen LogP contribution in [-0.4, -0.2) is 18.5 Å². The molecule has 2 rings (SSSR count). The molecule has 3 N–H and O–H groups in total. The molecule has 16 heavy (non-hydrogen) atoms. The van der Waals surface area contributed by atoms with Crippen LogP contribution in [0.15, 0.2) is 0 Å². The first kappa shape index (κ1) is 11.9. The molecule has 0 bridgehead atoms. The molecule has 0 spiro atoms. The fraction of sp³-hybridized carbons (Fsp3) is 0.923. The smallest absolute Gasteiger partial charge is 0.221 e. The van der Waals surface area contributed by atoms with Gasteiger partial charge in [0.05, 0.1) is 0 Å². The average molecular weight is 224 g/mol. The maximum atomic E-state index is 11.7. The quantitative estimate of drug-likeness (QED) is 0.721. The van der Waals surface area contributed by atoms with Crippen LogP contribution in [0.2, 0.25) is 0 Å². The van der Waals surface area contributed by atoms with Crippen LogP contribution in [0.3, 0.4) is 0 Å². The number of hydrogen-bond donors (Lipinski definition) is 2. The van der Waals surface area contributed by atoms with Gasteiger partial charge in [-0.1, -0.05) is 13.8 Å². The number of amides is 1. The summed E-state index contributed by atoms with van der Waals surface area (Å²) in [6.07, 6.45) is 5.47. The van der Waals surface area contributed by atoms with Crippen molar-refractivity contribution in [1.29, 1.82) is 0 Å². The Bertz CT molecular complexity index is 267. The second-order valence-corrected chi connectivity index (χ2v) is 6.00. The Morgan fingerprint density at radius 3 is 2.50 bits per heavy atom. The molecule has 2 aliphatic rings. The maximum Gasteiger partial charge on any atom is 0.221 e. The molecular weight excluding hydrogens is 200 g/mol. The van der Waals surface area contributed by atoms with E-state index in [9.17, 15) is 4.79 Å². The zero-order valence-electron chi connectivity index (χ0n) is 10.5. The van der Waals surface area contributed by atoms with Gasteiger partial charge in [-0.05, 0) is 42.9 Å². The zero-order chi connectivity index (χ0) is 11.8. The van der Waals surface area contributed by atoms with Gasteiger partial charge < -0.3 is 11.1 Å². The predicted molar refractivity (Wildman–Crippen MR) is 64.8 cm³/mol. The summed E-state index contributed by atoms with van der Waals surface area (Å²) in [6.45, 7) is 5.34. The number of carbonyl (C=O) groups excluding carboxylic acids is 1. The minimum Gasteiger partial charge on any atom is -0.355 e. The van der Waals surface area contributed by atoms with Gasteiger partial charge >= 0.3 is 0 Å². The zero-order valence-corrected chi connectivity index (χ0v) is 10.5. The lowest BCUT2D eigenvalue weighted by Gasteiger charge is -2.20. The van der Waals surface area contributed by atoms with Crippen LogP contribution in [0.1, 0.15) is 46.0 Å². The van der Waals surface area contributed by atoms with Crippen LogP contribution in [0.4, 0.5) is 0 Å². The van der Waals surface area contributed by atoms with Crippen molar-refractivity contribution in [2.45, 2.75) is 52.0 Å². The van der Waals surface area contributed by atoms with Gasteiger partial charge in [0, 0.05) is 19.0 Å². The largest absolute Gasteiger partial charge is 0.355 e. The van der Waals surface area contributed by atoms with E-state index >= 15 is 0 Å². The lowest BCUT2D eigenvalue weighted by molar-refractivity contribution is -0.121. The van der Waals surface area contributed by atoms with E-state index in [2.05, 4.69) is 19.2 Å². The van der Waals surface area contributed by atoms with Crippen LogP contribution >= 0.6 is 0 Å². The molecule has 0 aliphatic heterocycles. The van der Waals surface area contributed by atoms with Gasteiger partial charge in [-0.3, -0.25) is 4.79 Å². The summed E-state index contributed by atoms with van der Waals surface area (Å²) in [5, 5.41) is 3.06. The van der Waals surface area contributed by atoms with Crippen molar-refractivity contribution in [2.24, 2.45) is 23.0 Å². The molecule has 0 saturated heterocycles. The topological polar surface area (TPSA) is 55.1 Å². The standard InChI is InChI=1S/C13H24N2O/c1-9(2)13(5-6-13)8-15-12(16)7-11(14)10-3-4-10/h9-11H,3-8,14H2,1-2H3,(H,15,16).